The van der Waals surface area contributed by atoms with Crippen LogP contribution in [0.2, 0.25) is 5.02 Å². The molecule has 0 bridgehead atoms. The molecule has 6 aromatic rings. The van der Waals surface area contributed by atoms with Crippen LogP contribution in [0.5, 0.6) is 0 Å². The lowest BCUT2D eigenvalue weighted by Gasteiger charge is -2.44. The first-order valence-electron chi connectivity index (χ1n) is 21.0. The molecule has 1 aromatic heterocycles. The molecule has 3 heterocycles. The fraction of sp³-hybridized carbons (Fsp3) is 0.385. The first-order chi connectivity index (χ1) is 26.5. The second kappa shape index (κ2) is 12.5. The topological polar surface area (TPSA) is 6.48 Å². The van der Waals surface area contributed by atoms with Crippen molar-refractivity contribution in [1.82, 2.24) is 0 Å². The third kappa shape index (κ3) is 6.10. The van der Waals surface area contributed by atoms with Crippen LogP contribution < -0.4 is 25.5 Å². The second-order valence-corrected chi connectivity index (χ2v) is 23.1. The van der Waals surface area contributed by atoms with Crippen molar-refractivity contribution in [2.75, 3.05) is 9.80 Å². The number of thiophene rings is 1. The molecular weight excluding hydrogens is 731 g/mol. The van der Waals surface area contributed by atoms with Crippen LogP contribution in [0, 0.1) is 0 Å². The zero-order valence-electron chi connectivity index (χ0n) is 36.3. The predicted molar refractivity (Wildman–Crippen MR) is 252 cm³/mol. The van der Waals surface area contributed by atoms with Crippen LogP contribution in [0.4, 0.5) is 34.1 Å². The van der Waals surface area contributed by atoms with Gasteiger partial charge in [0.2, 0.25) is 0 Å². The molecule has 0 saturated carbocycles. The molecule has 2 nitrogen and oxygen atoms in total. The molecule has 5 aromatic carbocycles. The summed E-state index contributed by atoms with van der Waals surface area (Å²) in [6, 6.07) is 35.4. The summed E-state index contributed by atoms with van der Waals surface area (Å²) in [4.78, 5) is 5.08. The van der Waals surface area contributed by atoms with Gasteiger partial charge in [0.15, 0.2) is 0 Å². The van der Waals surface area contributed by atoms with Gasteiger partial charge in [0.25, 0.3) is 6.71 Å². The van der Waals surface area contributed by atoms with Crippen molar-refractivity contribution in [1.29, 1.82) is 0 Å². The van der Waals surface area contributed by atoms with Gasteiger partial charge < -0.3 is 9.80 Å². The van der Waals surface area contributed by atoms with E-state index >= 15 is 0 Å². The smallest absolute Gasteiger partial charge is 0.264 e. The Labute approximate surface area is 351 Å². The monoisotopic (exact) mass is 788 g/mol. The van der Waals surface area contributed by atoms with Gasteiger partial charge in [-0.2, -0.15) is 0 Å². The normalized spacial score (nSPS) is 17.0. The third-order valence-electron chi connectivity index (χ3n) is 13.4. The highest BCUT2D eigenvalue weighted by Gasteiger charge is 2.47. The minimum atomic E-state index is -0.0161. The predicted octanol–water partition coefficient (Wildman–Crippen LogP) is 13.9. The van der Waals surface area contributed by atoms with Crippen molar-refractivity contribution in [3.8, 4) is 0 Å². The van der Waals surface area contributed by atoms with Gasteiger partial charge in [0.05, 0.1) is 5.69 Å². The van der Waals surface area contributed by atoms with Crippen molar-refractivity contribution >= 4 is 89.6 Å². The Bertz CT molecular complexity index is 2610. The molecule has 0 fully saturated rings. The minimum Gasteiger partial charge on any atom is -0.311 e. The van der Waals surface area contributed by atoms with E-state index in [1.165, 1.54) is 83.5 Å². The van der Waals surface area contributed by atoms with Crippen LogP contribution in [0.3, 0.4) is 0 Å². The fourth-order valence-electron chi connectivity index (χ4n) is 9.74. The zero-order valence-corrected chi connectivity index (χ0v) is 37.9. The average molecular weight is 789 g/mol. The van der Waals surface area contributed by atoms with Crippen LogP contribution in [-0.4, -0.2) is 6.71 Å². The summed E-state index contributed by atoms with van der Waals surface area (Å²) in [5.41, 5.74) is 17.1. The van der Waals surface area contributed by atoms with Gasteiger partial charge in [0, 0.05) is 48.3 Å². The lowest BCUT2D eigenvalue weighted by atomic mass is 9.36. The van der Waals surface area contributed by atoms with E-state index < -0.39 is 0 Å². The molecule has 292 valence electrons. The van der Waals surface area contributed by atoms with Crippen molar-refractivity contribution in [3.05, 3.63) is 124 Å². The maximum atomic E-state index is 7.39. The van der Waals surface area contributed by atoms with E-state index in [4.69, 9.17) is 11.6 Å². The molecule has 0 amide bonds. The summed E-state index contributed by atoms with van der Waals surface area (Å²) >= 11 is 9.40. The van der Waals surface area contributed by atoms with E-state index in [1.807, 2.05) is 11.3 Å². The quantitative estimate of drug-likeness (QED) is 0.161. The van der Waals surface area contributed by atoms with E-state index in [-0.39, 0.29) is 33.8 Å². The van der Waals surface area contributed by atoms with Crippen LogP contribution in [0.25, 0.3) is 10.1 Å². The van der Waals surface area contributed by atoms with E-state index in [9.17, 15) is 0 Å². The van der Waals surface area contributed by atoms with E-state index in [2.05, 4.69) is 191 Å². The summed E-state index contributed by atoms with van der Waals surface area (Å²) in [7, 11) is 0. The third-order valence-corrected chi connectivity index (χ3v) is 14.9. The van der Waals surface area contributed by atoms with Gasteiger partial charge in [-0.1, -0.05) is 138 Å². The fourth-order valence-corrected chi connectivity index (χ4v) is 11.3. The van der Waals surface area contributed by atoms with Crippen molar-refractivity contribution in [2.45, 2.75) is 130 Å². The number of halogens is 1. The summed E-state index contributed by atoms with van der Waals surface area (Å²) in [6.07, 6.45) is 2.38. The molecule has 0 spiro atoms. The first kappa shape index (κ1) is 38.5. The van der Waals surface area contributed by atoms with Gasteiger partial charge in [0.1, 0.15) is 0 Å². The molecule has 1 aliphatic carbocycles. The van der Waals surface area contributed by atoms with Crippen LogP contribution >= 0.6 is 22.9 Å². The lowest BCUT2D eigenvalue weighted by Crippen LogP contribution is -2.60. The number of nitrogens with zero attached hydrogens (tertiary/aromatic N) is 2. The summed E-state index contributed by atoms with van der Waals surface area (Å²) in [6.45, 7) is 30.6. The highest BCUT2D eigenvalue weighted by Crippen LogP contribution is 2.53. The van der Waals surface area contributed by atoms with E-state index in [0.717, 1.165) is 22.1 Å². The average Bonchev–Trinajstić information content (AvgIpc) is 3.50. The van der Waals surface area contributed by atoms with Gasteiger partial charge in [-0.25, -0.2) is 0 Å². The van der Waals surface area contributed by atoms with Gasteiger partial charge in [-0.3, -0.25) is 0 Å². The Hall–Kier alpha value is -3.99. The molecule has 0 N–H and O–H groups in total. The molecule has 5 heteroatoms. The lowest BCUT2D eigenvalue weighted by molar-refractivity contribution is 0.332. The molecule has 0 unspecified atom stereocenters. The Kier molecular flexibility index (Phi) is 8.46. The summed E-state index contributed by atoms with van der Waals surface area (Å²) < 4.78 is 2.78. The van der Waals surface area contributed by atoms with Gasteiger partial charge in [-0.15, -0.1) is 11.3 Å². The van der Waals surface area contributed by atoms with Crippen LogP contribution in [0.1, 0.15) is 131 Å². The van der Waals surface area contributed by atoms with Crippen LogP contribution in [-0.2, 0) is 27.1 Å². The number of hydrogen-bond donors (Lipinski definition) is 0. The zero-order chi connectivity index (χ0) is 40.8. The Morgan fingerprint density at radius 2 is 1.14 bits per heavy atom. The van der Waals surface area contributed by atoms with Gasteiger partial charge in [-0.05, 0) is 133 Å². The standard InChI is InChI=1S/C52H58BClN2S/c1-48(2,3)31-17-20-35(21-18-31)56-43-28-34(54)27-42-45(43)53(47-46(56)37-29-38-39(30-44(37)57-47)52(12,13)24-23-51(38,10)11)40-22-19-33(50(7,8)9)26-41(40)55(42)36-16-14-15-32(25-36)49(4,5)6/h14-22,25-30H,23-24H2,1-13H3. The maximum absolute atomic E-state index is 7.39. The molecule has 0 radical (unpaired) electrons. The highest BCUT2D eigenvalue weighted by molar-refractivity contribution is 7.33. The SMILES string of the molecule is CC(C)(C)c1ccc(N2c3cc(Cl)cc4c3B(c3ccc(C(C)(C)C)cc3N4c3cccc(C(C)(C)C)c3)c3sc4cc5c(cc4c32)C(C)(C)CCC5(C)C)cc1. The number of anilines is 6. The molecule has 2 aliphatic heterocycles. The number of benzene rings is 5. The van der Waals surface area contributed by atoms with E-state index in [1.54, 1.807) is 0 Å². The molecular formula is C52H58BClN2S. The summed E-state index contributed by atoms with van der Waals surface area (Å²) in [5.74, 6) is 0. The number of hydrogen-bond acceptors (Lipinski definition) is 3. The second-order valence-electron chi connectivity index (χ2n) is 21.6. The van der Waals surface area contributed by atoms with Crippen molar-refractivity contribution < 1.29 is 0 Å². The first-order valence-corrected chi connectivity index (χ1v) is 22.1. The number of fused-ring (bicyclic) bond motifs is 7. The Morgan fingerprint density at radius 3 is 1.75 bits per heavy atom. The minimum absolute atomic E-state index is 0.00245. The largest absolute Gasteiger partial charge is 0.311 e. The van der Waals surface area contributed by atoms with Gasteiger partial charge >= 0.3 is 0 Å². The number of rotatable bonds is 2. The Morgan fingerprint density at radius 1 is 0.579 bits per heavy atom. The molecule has 57 heavy (non-hydrogen) atoms. The van der Waals surface area contributed by atoms with E-state index in [0.29, 0.717) is 0 Å². The maximum Gasteiger partial charge on any atom is 0.264 e. The molecule has 0 saturated heterocycles. The van der Waals surface area contributed by atoms with Crippen LogP contribution in [0.15, 0.2) is 91.0 Å². The Balaban J connectivity index is 1.40. The summed E-state index contributed by atoms with van der Waals surface area (Å²) in [5, 5.41) is 2.09. The highest BCUT2D eigenvalue weighted by atomic mass is 35.5. The molecule has 0 atom stereocenters. The molecule has 3 aliphatic rings. The van der Waals surface area contributed by atoms with Crippen molar-refractivity contribution in [3.63, 3.8) is 0 Å². The molecule has 9 rings (SSSR count). The van der Waals surface area contributed by atoms with Crippen molar-refractivity contribution in [2.24, 2.45) is 0 Å².